The van der Waals surface area contributed by atoms with E-state index in [2.05, 4.69) is 5.32 Å². The number of rotatable bonds is 10. The first-order valence-corrected chi connectivity index (χ1v) is 16.5. The Morgan fingerprint density at radius 2 is 1.78 bits per heavy atom. The molecule has 0 aromatic heterocycles. The summed E-state index contributed by atoms with van der Waals surface area (Å²) in [6.07, 6.45) is 6.05. The molecule has 10 heteroatoms. The molecule has 1 fully saturated rings. The van der Waals surface area contributed by atoms with Crippen LogP contribution in [-0.2, 0) is 26.2 Å². The summed E-state index contributed by atoms with van der Waals surface area (Å²) in [6.45, 7) is 2.20. The average molecular weight is 617 g/mol. The van der Waals surface area contributed by atoms with Crippen molar-refractivity contribution >= 4 is 61.5 Å². The highest BCUT2D eigenvalue weighted by Crippen LogP contribution is 2.42. The van der Waals surface area contributed by atoms with E-state index in [4.69, 9.17) is 23.2 Å². The molecule has 0 radical (unpaired) electrons. The molecule has 7 nitrogen and oxygen atoms in total. The molecule has 1 heterocycles. The minimum absolute atomic E-state index is 0.0801. The Balaban J connectivity index is 1.33. The molecule has 0 saturated heterocycles. The van der Waals surface area contributed by atoms with Crippen LogP contribution in [-0.4, -0.2) is 43.8 Å². The molecular formula is C31H35Cl2N3O4S. The van der Waals surface area contributed by atoms with E-state index in [1.165, 1.54) is 10.7 Å². The summed E-state index contributed by atoms with van der Waals surface area (Å²) in [4.78, 5) is 29.1. The van der Waals surface area contributed by atoms with Gasteiger partial charge >= 0.3 is 0 Å². The minimum atomic E-state index is -3.71. The van der Waals surface area contributed by atoms with Crippen LogP contribution in [0.25, 0.3) is 10.8 Å². The van der Waals surface area contributed by atoms with Crippen LogP contribution < -0.4 is 9.62 Å². The molecule has 1 aliphatic carbocycles. The van der Waals surface area contributed by atoms with Crippen molar-refractivity contribution in [3.8, 4) is 0 Å². The minimum Gasteiger partial charge on any atom is -0.352 e. The van der Waals surface area contributed by atoms with E-state index < -0.39 is 16.1 Å². The second kappa shape index (κ2) is 12.6. The molecule has 0 bridgehead atoms. The first kappa shape index (κ1) is 29.7. The highest BCUT2D eigenvalue weighted by atomic mass is 35.5. The molecule has 1 atom stereocenters. The summed E-state index contributed by atoms with van der Waals surface area (Å²) in [6, 6.07) is 15.4. The van der Waals surface area contributed by atoms with E-state index in [0.29, 0.717) is 44.4 Å². The number of hydrogen-bond acceptors (Lipinski definition) is 4. The van der Waals surface area contributed by atoms with Gasteiger partial charge in [0, 0.05) is 41.0 Å². The summed E-state index contributed by atoms with van der Waals surface area (Å²) in [7, 11) is -3.71. The van der Waals surface area contributed by atoms with Gasteiger partial charge in [0.15, 0.2) is 0 Å². The standard InChI is InChI=1S/C31H35Cl2N3O4S/c1-2-26(31(38)34-24-11-4-3-5-12-24)35(20-22-16-17-23(32)19-25(22)33)29(37)15-8-18-36-27-13-6-9-21-10-7-14-28(30(21)27)41(36,39)40/h6-7,9-10,13-14,16-17,19,24,26H,2-5,8,11-12,15,18,20H2,1H3,(H,34,38)/t26-/m1/s1. The van der Waals surface area contributed by atoms with E-state index in [0.717, 1.165) is 31.1 Å². The van der Waals surface area contributed by atoms with Gasteiger partial charge in [-0.15, -0.1) is 0 Å². The van der Waals surface area contributed by atoms with Gasteiger partial charge in [-0.3, -0.25) is 13.9 Å². The highest BCUT2D eigenvalue weighted by Gasteiger charge is 2.36. The number of halogens is 2. The predicted molar refractivity (Wildman–Crippen MR) is 164 cm³/mol. The van der Waals surface area contributed by atoms with E-state index in [1.54, 1.807) is 41.3 Å². The zero-order valence-electron chi connectivity index (χ0n) is 23.1. The number of hydrogen-bond donors (Lipinski definition) is 1. The van der Waals surface area contributed by atoms with Gasteiger partial charge < -0.3 is 10.2 Å². The van der Waals surface area contributed by atoms with Crippen molar-refractivity contribution in [2.75, 3.05) is 10.8 Å². The first-order valence-electron chi connectivity index (χ1n) is 14.3. The molecule has 5 rings (SSSR count). The topological polar surface area (TPSA) is 86.8 Å². The molecule has 2 aliphatic rings. The molecule has 41 heavy (non-hydrogen) atoms. The number of nitrogens with zero attached hydrogens (tertiary/aromatic N) is 2. The largest absolute Gasteiger partial charge is 0.352 e. The zero-order valence-corrected chi connectivity index (χ0v) is 25.4. The lowest BCUT2D eigenvalue weighted by atomic mass is 9.95. The van der Waals surface area contributed by atoms with Crippen molar-refractivity contribution in [2.24, 2.45) is 0 Å². The Morgan fingerprint density at radius 1 is 1.05 bits per heavy atom. The van der Waals surface area contributed by atoms with Crippen molar-refractivity contribution in [2.45, 2.75) is 81.8 Å². The maximum Gasteiger partial charge on any atom is 0.265 e. The Hall–Kier alpha value is -2.81. The van der Waals surface area contributed by atoms with Crippen molar-refractivity contribution in [1.82, 2.24) is 10.2 Å². The van der Waals surface area contributed by atoms with Crippen molar-refractivity contribution in [1.29, 1.82) is 0 Å². The molecular weight excluding hydrogens is 581 g/mol. The SMILES string of the molecule is CC[C@H](C(=O)NC1CCCCC1)N(Cc1ccc(Cl)cc1Cl)C(=O)CCCN1c2cccc3cccc(c23)S1(=O)=O. The average Bonchev–Trinajstić information content (AvgIpc) is 3.17. The van der Waals surface area contributed by atoms with Gasteiger partial charge in [0.05, 0.1) is 10.6 Å². The van der Waals surface area contributed by atoms with Crippen LogP contribution in [0.5, 0.6) is 0 Å². The van der Waals surface area contributed by atoms with Crippen LogP contribution in [0.15, 0.2) is 59.5 Å². The smallest absolute Gasteiger partial charge is 0.265 e. The fourth-order valence-electron chi connectivity index (χ4n) is 6.01. The molecule has 0 unspecified atom stereocenters. The number of benzene rings is 3. The lowest BCUT2D eigenvalue weighted by Crippen LogP contribution is -2.51. The summed E-state index contributed by atoms with van der Waals surface area (Å²) in [5.41, 5.74) is 1.33. The highest BCUT2D eigenvalue weighted by molar-refractivity contribution is 7.93. The number of sulfonamides is 1. The third kappa shape index (κ3) is 6.20. The monoisotopic (exact) mass is 615 g/mol. The van der Waals surface area contributed by atoms with Gasteiger partial charge in [-0.05, 0) is 60.9 Å². The molecule has 2 amide bonds. The van der Waals surface area contributed by atoms with Crippen LogP contribution >= 0.6 is 23.2 Å². The summed E-state index contributed by atoms with van der Waals surface area (Å²) < 4.78 is 28.1. The van der Waals surface area contributed by atoms with Gasteiger partial charge in [0.1, 0.15) is 6.04 Å². The molecule has 1 saturated carbocycles. The fraction of sp³-hybridized carbons (Fsp3) is 0.419. The fourth-order valence-corrected chi connectivity index (χ4v) is 8.23. The quantitative estimate of drug-likeness (QED) is 0.275. The summed E-state index contributed by atoms with van der Waals surface area (Å²) >= 11 is 12.6. The maximum absolute atomic E-state index is 13.8. The van der Waals surface area contributed by atoms with Gasteiger partial charge in [-0.2, -0.15) is 0 Å². The molecule has 1 aliphatic heterocycles. The summed E-state index contributed by atoms with van der Waals surface area (Å²) in [5, 5.41) is 5.66. The number of carbonyl (C=O) groups excluding carboxylic acids is 2. The molecule has 3 aromatic carbocycles. The van der Waals surface area contributed by atoms with Crippen LogP contribution in [0.3, 0.4) is 0 Å². The second-order valence-corrected chi connectivity index (χ2v) is 13.5. The van der Waals surface area contributed by atoms with Gasteiger partial charge in [-0.1, -0.05) is 79.7 Å². The number of anilines is 1. The van der Waals surface area contributed by atoms with Crippen LogP contribution in [0.4, 0.5) is 5.69 Å². The van der Waals surface area contributed by atoms with E-state index >= 15 is 0 Å². The normalized spacial score (nSPS) is 17.0. The lowest BCUT2D eigenvalue weighted by Gasteiger charge is -2.33. The van der Waals surface area contributed by atoms with Crippen molar-refractivity contribution in [3.05, 3.63) is 70.2 Å². The second-order valence-electron chi connectivity index (χ2n) is 10.8. The molecule has 1 N–H and O–H groups in total. The van der Waals surface area contributed by atoms with Gasteiger partial charge in [0.2, 0.25) is 11.8 Å². The lowest BCUT2D eigenvalue weighted by molar-refractivity contribution is -0.141. The van der Waals surface area contributed by atoms with E-state index in [-0.39, 0.29) is 37.4 Å². The van der Waals surface area contributed by atoms with Crippen LogP contribution in [0, 0.1) is 0 Å². The molecule has 3 aromatic rings. The Bertz CT molecular complexity index is 1550. The first-order chi connectivity index (χ1) is 19.7. The Kier molecular flexibility index (Phi) is 9.12. The number of amides is 2. The van der Waals surface area contributed by atoms with Crippen LogP contribution in [0.2, 0.25) is 10.0 Å². The zero-order chi connectivity index (χ0) is 29.1. The van der Waals surface area contributed by atoms with Gasteiger partial charge in [0.25, 0.3) is 10.0 Å². The van der Waals surface area contributed by atoms with Crippen molar-refractivity contribution < 1.29 is 18.0 Å². The van der Waals surface area contributed by atoms with Gasteiger partial charge in [-0.25, -0.2) is 8.42 Å². The third-order valence-electron chi connectivity index (χ3n) is 8.13. The molecule has 0 spiro atoms. The van der Waals surface area contributed by atoms with E-state index in [1.807, 2.05) is 25.1 Å². The number of carbonyl (C=O) groups is 2. The predicted octanol–water partition coefficient (Wildman–Crippen LogP) is 6.69. The summed E-state index contributed by atoms with van der Waals surface area (Å²) in [5.74, 6) is -0.393. The Morgan fingerprint density at radius 3 is 2.49 bits per heavy atom. The maximum atomic E-state index is 13.8. The Labute approximate surface area is 251 Å². The number of nitrogens with one attached hydrogen (secondary N) is 1. The van der Waals surface area contributed by atoms with E-state index in [9.17, 15) is 18.0 Å². The third-order valence-corrected chi connectivity index (χ3v) is 10.6. The molecule has 218 valence electrons. The van der Waals surface area contributed by atoms with Crippen molar-refractivity contribution in [3.63, 3.8) is 0 Å². The van der Waals surface area contributed by atoms with Crippen LogP contribution in [0.1, 0.15) is 63.9 Å².